The maximum Gasteiger partial charge on any atom is 0.333 e. The van der Waals surface area contributed by atoms with Gasteiger partial charge in [-0.1, -0.05) is 26.5 Å². The van der Waals surface area contributed by atoms with E-state index in [1.165, 1.54) is 6.08 Å². The molecule has 0 rings (SSSR count). The van der Waals surface area contributed by atoms with Crippen LogP contribution in [0.4, 0.5) is 0 Å². The van der Waals surface area contributed by atoms with Crippen molar-refractivity contribution in [3.05, 3.63) is 24.8 Å². The van der Waals surface area contributed by atoms with Crippen molar-refractivity contribution in [3.63, 3.8) is 0 Å². The molecule has 0 amide bonds. The van der Waals surface area contributed by atoms with Crippen molar-refractivity contribution < 1.29 is 23.5 Å². The molecular formula is C18H34NO4+. The first-order valence-corrected chi connectivity index (χ1v) is 8.21. The summed E-state index contributed by atoms with van der Waals surface area (Å²) in [4.78, 5) is 21.4. The topological polar surface area (TPSA) is 52.6 Å². The van der Waals surface area contributed by atoms with Crippen molar-refractivity contribution in [1.82, 2.24) is 0 Å². The summed E-state index contributed by atoms with van der Waals surface area (Å²) in [6, 6.07) is 0. The number of likely N-dealkylation sites (N-methyl/N-ethyl adjacent to an activating group) is 1. The number of nitrogens with zero attached hydrogens (tertiary/aromatic N) is 1. The molecule has 0 aromatic carbocycles. The molecule has 23 heavy (non-hydrogen) atoms. The van der Waals surface area contributed by atoms with Crippen LogP contribution in [0.1, 0.15) is 40.5 Å². The maximum atomic E-state index is 11.1. The van der Waals surface area contributed by atoms with Gasteiger partial charge in [-0.25, -0.2) is 9.59 Å². The summed E-state index contributed by atoms with van der Waals surface area (Å²) < 4.78 is 10.7. The van der Waals surface area contributed by atoms with Gasteiger partial charge >= 0.3 is 11.9 Å². The zero-order valence-corrected chi connectivity index (χ0v) is 15.5. The van der Waals surface area contributed by atoms with Gasteiger partial charge in [0.1, 0.15) is 13.2 Å². The van der Waals surface area contributed by atoms with Crippen LogP contribution in [0.2, 0.25) is 0 Å². The smallest absolute Gasteiger partial charge is 0.333 e. The zero-order chi connectivity index (χ0) is 18.3. The highest BCUT2D eigenvalue weighted by Gasteiger charge is 2.16. The molecule has 0 saturated carbocycles. The number of hydrogen-bond acceptors (Lipinski definition) is 4. The van der Waals surface area contributed by atoms with Crippen molar-refractivity contribution in [2.45, 2.75) is 40.5 Å². The van der Waals surface area contributed by atoms with E-state index in [1.807, 2.05) is 6.92 Å². The Kier molecular flexibility index (Phi) is 14.4. The maximum absolute atomic E-state index is 11.1. The molecule has 5 nitrogen and oxygen atoms in total. The molecule has 0 aromatic heterocycles. The molecule has 0 bridgehead atoms. The van der Waals surface area contributed by atoms with Gasteiger partial charge in [-0.3, -0.25) is 0 Å². The highest BCUT2D eigenvalue weighted by molar-refractivity contribution is 5.86. The average Bonchev–Trinajstić information content (AvgIpc) is 2.55. The summed E-state index contributed by atoms with van der Waals surface area (Å²) in [5, 5.41) is 0. The van der Waals surface area contributed by atoms with E-state index in [0.717, 1.165) is 37.0 Å². The number of rotatable bonds is 10. The predicted molar refractivity (Wildman–Crippen MR) is 94.0 cm³/mol. The van der Waals surface area contributed by atoms with Gasteiger partial charge in [-0.15, -0.1) is 0 Å². The lowest BCUT2D eigenvalue weighted by Crippen LogP contribution is -2.46. The quantitative estimate of drug-likeness (QED) is 0.268. The van der Waals surface area contributed by atoms with E-state index in [0.29, 0.717) is 18.8 Å². The van der Waals surface area contributed by atoms with E-state index in [4.69, 9.17) is 4.74 Å². The Morgan fingerprint density at radius 2 is 1.65 bits per heavy atom. The lowest BCUT2D eigenvalue weighted by molar-refractivity contribution is -0.906. The fraction of sp³-hybridized carbons (Fsp3) is 0.667. The molecule has 0 radical (unpaired) electrons. The van der Waals surface area contributed by atoms with Gasteiger partial charge in [0.2, 0.25) is 0 Å². The molecule has 0 spiro atoms. The third kappa shape index (κ3) is 13.7. The summed E-state index contributed by atoms with van der Waals surface area (Å²) in [7, 11) is 2.16. The largest absolute Gasteiger partial charge is 0.463 e. The van der Waals surface area contributed by atoms with Crippen LogP contribution in [-0.2, 0) is 19.1 Å². The molecule has 0 aromatic rings. The van der Waals surface area contributed by atoms with Gasteiger partial charge < -0.3 is 14.0 Å². The number of unbranched alkanes of at least 4 members (excludes halogenated alkanes) is 1. The number of quaternary nitrogens is 1. The van der Waals surface area contributed by atoms with Crippen LogP contribution in [0.5, 0.6) is 0 Å². The van der Waals surface area contributed by atoms with Crippen LogP contribution >= 0.6 is 0 Å². The molecular weight excluding hydrogens is 294 g/mol. The summed E-state index contributed by atoms with van der Waals surface area (Å²) >= 11 is 0. The minimum Gasteiger partial charge on any atom is -0.463 e. The van der Waals surface area contributed by atoms with Gasteiger partial charge in [0.25, 0.3) is 0 Å². The van der Waals surface area contributed by atoms with Gasteiger partial charge in [0, 0.05) is 11.6 Å². The molecule has 0 unspecified atom stereocenters. The Balaban J connectivity index is 0. The highest BCUT2D eigenvalue weighted by atomic mass is 16.5. The van der Waals surface area contributed by atoms with E-state index in [1.54, 1.807) is 6.92 Å². The van der Waals surface area contributed by atoms with E-state index in [2.05, 4.69) is 38.8 Å². The average molecular weight is 328 g/mol. The first-order valence-electron chi connectivity index (χ1n) is 8.21. The number of ether oxygens (including phenoxy) is 2. The molecule has 0 fully saturated rings. The summed E-state index contributed by atoms with van der Waals surface area (Å²) in [5.74, 6) is -0.618. The Morgan fingerprint density at radius 3 is 2.04 bits per heavy atom. The minimum absolute atomic E-state index is 0.288. The molecule has 0 saturated heterocycles. The third-order valence-electron chi connectivity index (χ3n) is 3.65. The molecule has 0 N–H and O–H groups in total. The zero-order valence-electron chi connectivity index (χ0n) is 15.5. The van der Waals surface area contributed by atoms with Crippen molar-refractivity contribution in [2.75, 3.05) is 39.9 Å². The first kappa shape index (κ1) is 23.6. The lowest BCUT2D eigenvalue weighted by Gasteiger charge is -2.31. The van der Waals surface area contributed by atoms with Crippen molar-refractivity contribution in [1.29, 1.82) is 0 Å². The van der Waals surface area contributed by atoms with Crippen LogP contribution in [0.3, 0.4) is 0 Å². The number of carbonyl (C=O) groups excluding carboxylic acids is 2. The van der Waals surface area contributed by atoms with E-state index in [9.17, 15) is 9.59 Å². The monoisotopic (exact) mass is 328 g/mol. The van der Waals surface area contributed by atoms with E-state index < -0.39 is 0 Å². The second-order valence-corrected chi connectivity index (χ2v) is 5.62. The predicted octanol–water partition coefficient (Wildman–Crippen LogP) is 3.11. The van der Waals surface area contributed by atoms with Gasteiger partial charge in [-0.2, -0.15) is 0 Å². The second-order valence-electron chi connectivity index (χ2n) is 5.62. The SMILES string of the molecule is C=C(C)C(=O)OCC[N+](C)(CC)CC.C=CC(=O)OCCCC. The van der Waals surface area contributed by atoms with Gasteiger partial charge in [0.15, 0.2) is 0 Å². The van der Waals surface area contributed by atoms with Crippen LogP contribution < -0.4 is 0 Å². The van der Waals surface area contributed by atoms with Crippen molar-refractivity contribution >= 4 is 11.9 Å². The van der Waals surface area contributed by atoms with Gasteiger partial charge in [0.05, 0.1) is 26.7 Å². The number of esters is 2. The molecule has 0 aliphatic rings. The first-order chi connectivity index (χ1) is 10.8. The molecule has 0 atom stereocenters. The van der Waals surface area contributed by atoms with Crippen LogP contribution in [0.15, 0.2) is 24.8 Å². The third-order valence-corrected chi connectivity index (χ3v) is 3.65. The normalized spacial score (nSPS) is 10.1. The minimum atomic E-state index is -0.330. The number of carbonyl (C=O) groups is 2. The highest BCUT2D eigenvalue weighted by Crippen LogP contribution is 2.01. The van der Waals surface area contributed by atoms with Crippen molar-refractivity contribution in [2.24, 2.45) is 0 Å². The summed E-state index contributed by atoms with van der Waals surface area (Å²) in [6.45, 7) is 18.8. The van der Waals surface area contributed by atoms with Crippen molar-refractivity contribution in [3.8, 4) is 0 Å². The summed E-state index contributed by atoms with van der Waals surface area (Å²) in [5.41, 5.74) is 0.465. The number of hydrogen-bond donors (Lipinski definition) is 0. The fourth-order valence-electron chi connectivity index (χ4n) is 1.40. The van der Waals surface area contributed by atoms with Crippen LogP contribution in [0.25, 0.3) is 0 Å². The van der Waals surface area contributed by atoms with E-state index in [-0.39, 0.29) is 11.9 Å². The molecule has 0 aliphatic heterocycles. The van der Waals surface area contributed by atoms with Gasteiger partial charge in [-0.05, 0) is 27.2 Å². The molecule has 0 heterocycles. The van der Waals surface area contributed by atoms with E-state index >= 15 is 0 Å². The Bertz CT molecular complexity index is 373. The standard InChI is InChI=1S/C11H22NO2.C7H12O2/c1-6-12(5,7-2)8-9-14-11(13)10(3)4;1-3-5-6-9-7(8)4-2/h3,6-9H2,1-2,4-5H3;4H,2-3,5-6H2,1H3/q+1;. The molecule has 134 valence electrons. The Hall–Kier alpha value is -1.62. The molecule has 5 heteroatoms. The second kappa shape index (κ2) is 14.0. The van der Waals surface area contributed by atoms with Crippen LogP contribution in [0, 0.1) is 0 Å². The lowest BCUT2D eigenvalue weighted by atomic mass is 10.3. The fourth-order valence-corrected chi connectivity index (χ4v) is 1.40. The van der Waals surface area contributed by atoms with Crippen LogP contribution in [-0.4, -0.2) is 56.3 Å². The summed E-state index contributed by atoms with van der Waals surface area (Å²) in [6.07, 6.45) is 3.15. The Morgan fingerprint density at radius 1 is 1.09 bits per heavy atom. The Labute approximate surface area is 141 Å². The molecule has 0 aliphatic carbocycles.